The van der Waals surface area contributed by atoms with Gasteiger partial charge in [0.15, 0.2) is 0 Å². The van der Waals surface area contributed by atoms with E-state index in [1.54, 1.807) is 0 Å². The predicted octanol–water partition coefficient (Wildman–Crippen LogP) is -1.52. The summed E-state index contributed by atoms with van der Waals surface area (Å²) in [4.78, 5) is 33.6. The van der Waals surface area contributed by atoms with Crippen molar-refractivity contribution in [2.75, 3.05) is 0 Å². The SMILES string of the molecule is Cc1cn([C@H]2C[C@H](O)[C@@H](C(O)O[P+](=O)O)O2)c(=O)[nH]c1=O. The maximum Gasteiger partial charge on any atom is 0.697 e. The van der Waals surface area contributed by atoms with Gasteiger partial charge < -0.3 is 14.9 Å². The van der Waals surface area contributed by atoms with Gasteiger partial charge in [-0.05, 0) is 6.92 Å². The Morgan fingerprint density at radius 1 is 1.57 bits per heavy atom. The first-order valence-corrected chi connectivity index (χ1v) is 7.09. The smallest absolute Gasteiger partial charge is 0.390 e. The molecule has 0 bridgehead atoms. The first-order chi connectivity index (χ1) is 9.79. The van der Waals surface area contributed by atoms with Gasteiger partial charge in [-0.25, -0.2) is 4.79 Å². The van der Waals surface area contributed by atoms with Gasteiger partial charge in [0.05, 0.1) is 6.10 Å². The minimum Gasteiger partial charge on any atom is -0.390 e. The van der Waals surface area contributed by atoms with E-state index in [1.165, 1.54) is 13.1 Å². The third kappa shape index (κ3) is 3.43. The first kappa shape index (κ1) is 16.0. The van der Waals surface area contributed by atoms with Crippen LogP contribution in [0.3, 0.4) is 0 Å². The number of nitrogens with zero attached hydrogens (tertiary/aromatic N) is 1. The monoisotopic (exact) mass is 321 g/mol. The van der Waals surface area contributed by atoms with Gasteiger partial charge in [0.1, 0.15) is 12.3 Å². The van der Waals surface area contributed by atoms with Crippen molar-refractivity contribution in [2.45, 2.75) is 38.1 Å². The van der Waals surface area contributed by atoms with Crippen molar-refractivity contribution >= 4 is 8.25 Å². The van der Waals surface area contributed by atoms with Crippen LogP contribution >= 0.6 is 8.25 Å². The standard InChI is InChI=1S/C10H13N2O8P/c1-4-3-12(10(16)11-8(4)14)6-2-5(13)7(19-6)9(15)20-21(17)18/h3,5-7,9,13,15H,2H2,1H3,(H-,11,14,16,17,18)/p+1/t5-,6+,7-,9?/m0/s1. The summed E-state index contributed by atoms with van der Waals surface area (Å²) in [6.45, 7) is 1.49. The predicted molar refractivity (Wildman–Crippen MR) is 67.5 cm³/mol. The van der Waals surface area contributed by atoms with E-state index >= 15 is 0 Å². The highest BCUT2D eigenvalue weighted by Gasteiger charge is 2.43. The summed E-state index contributed by atoms with van der Waals surface area (Å²) < 4.78 is 21.1. The number of aromatic nitrogens is 2. The maximum absolute atomic E-state index is 11.7. The van der Waals surface area contributed by atoms with Crippen LogP contribution in [0.4, 0.5) is 0 Å². The lowest BCUT2D eigenvalue weighted by Gasteiger charge is -2.17. The Balaban J connectivity index is 2.21. The minimum absolute atomic E-state index is 0.0569. The molecule has 0 saturated carbocycles. The molecule has 0 amide bonds. The van der Waals surface area contributed by atoms with E-state index in [-0.39, 0.29) is 12.0 Å². The van der Waals surface area contributed by atoms with Gasteiger partial charge in [0.2, 0.25) is 6.29 Å². The third-order valence-corrected chi connectivity index (χ3v) is 3.47. The Bertz CT molecular complexity index is 655. The summed E-state index contributed by atoms with van der Waals surface area (Å²) in [6.07, 6.45) is -4.06. The number of nitrogens with one attached hydrogen (secondary N) is 1. The number of ether oxygens (including phenoxy) is 1. The molecule has 0 aliphatic carbocycles. The molecule has 0 radical (unpaired) electrons. The Labute approximate surface area is 118 Å². The molecule has 21 heavy (non-hydrogen) atoms. The van der Waals surface area contributed by atoms with Crippen molar-refractivity contribution in [2.24, 2.45) is 0 Å². The average molecular weight is 321 g/mol. The minimum atomic E-state index is -3.07. The zero-order valence-electron chi connectivity index (χ0n) is 10.9. The number of H-pyrrole nitrogens is 1. The zero-order chi connectivity index (χ0) is 15.7. The van der Waals surface area contributed by atoms with E-state index in [0.717, 1.165) is 4.57 Å². The second kappa shape index (κ2) is 6.14. The van der Waals surface area contributed by atoms with Crippen LogP contribution in [0, 0.1) is 6.92 Å². The fraction of sp³-hybridized carbons (Fsp3) is 0.600. The molecule has 1 fully saturated rings. The first-order valence-electron chi connectivity index (χ1n) is 5.96. The molecule has 1 aromatic heterocycles. The average Bonchev–Trinajstić information content (AvgIpc) is 2.75. The molecule has 1 saturated heterocycles. The lowest BCUT2D eigenvalue weighted by molar-refractivity contribution is -0.155. The van der Waals surface area contributed by atoms with Gasteiger partial charge in [-0.1, -0.05) is 4.52 Å². The van der Waals surface area contributed by atoms with E-state index in [9.17, 15) is 24.4 Å². The lowest BCUT2D eigenvalue weighted by atomic mass is 10.2. The van der Waals surface area contributed by atoms with Crippen LogP contribution in [0.5, 0.6) is 0 Å². The number of rotatable bonds is 4. The molecule has 0 spiro atoms. The number of aliphatic hydroxyl groups is 2. The van der Waals surface area contributed by atoms with Gasteiger partial charge in [-0.3, -0.25) is 14.3 Å². The van der Waals surface area contributed by atoms with Crippen LogP contribution in [0.25, 0.3) is 0 Å². The van der Waals surface area contributed by atoms with E-state index < -0.39 is 44.2 Å². The molecule has 4 N–H and O–H groups in total. The molecule has 10 nitrogen and oxygen atoms in total. The van der Waals surface area contributed by atoms with Gasteiger partial charge in [-0.15, -0.1) is 4.89 Å². The number of aromatic amines is 1. The molecule has 11 heteroatoms. The molecule has 2 heterocycles. The van der Waals surface area contributed by atoms with Crippen LogP contribution < -0.4 is 11.2 Å². The van der Waals surface area contributed by atoms with Crippen LogP contribution in [0.15, 0.2) is 15.8 Å². The topological polar surface area (TPSA) is 151 Å². The summed E-state index contributed by atoms with van der Waals surface area (Å²) in [5, 5.41) is 19.3. The Morgan fingerprint density at radius 3 is 2.86 bits per heavy atom. The fourth-order valence-electron chi connectivity index (χ4n) is 2.06. The highest BCUT2D eigenvalue weighted by atomic mass is 31.1. The quantitative estimate of drug-likeness (QED) is 0.385. The normalized spacial score (nSPS) is 27.6. The summed E-state index contributed by atoms with van der Waals surface area (Å²) >= 11 is 0. The Morgan fingerprint density at radius 2 is 2.24 bits per heavy atom. The molecule has 2 rings (SSSR count). The number of aryl methyl sites for hydroxylation is 1. The number of hydrogen-bond donors (Lipinski definition) is 4. The molecule has 2 unspecified atom stereocenters. The van der Waals surface area contributed by atoms with Gasteiger partial charge in [-0.2, -0.15) is 0 Å². The fourth-order valence-corrected chi connectivity index (χ4v) is 2.36. The number of aliphatic hydroxyl groups excluding tert-OH is 2. The zero-order valence-corrected chi connectivity index (χ0v) is 11.8. The van der Waals surface area contributed by atoms with Crippen molar-refractivity contribution in [1.82, 2.24) is 9.55 Å². The highest BCUT2D eigenvalue weighted by Crippen LogP contribution is 2.32. The summed E-state index contributed by atoms with van der Waals surface area (Å²) in [5.41, 5.74) is -0.995. The van der Waals surface area contributed by atoms with Gasteiger partial charge >= 0.3 is 13.9 Å². The van der Waals surface area contributed by atoms with Crippen molar-refractivity contribution in [3.05, 3.63) is 32.6 Å². The lowest BCUT2D eigenvalue weighted by Crippen LogP contribution is -2.36. The van der Waals surface area contributed by atoms with Crippen LogP contribution in [-0.2, 0) is 13.8 Å². The molecular formula is C10H14N2O8P+. The Hall–Kier alpha value is -1.42. The summed E-state index contributed by atoms with van der Waals surface area (Å²) in [5.74, 6) is 0. The summed E-state index contributed by atoms with van der Waals surface area (Å²) in [7, 11) is -3.07. The highest BCUT2D eigenvalue weighted by molar-refractivity contribution is 7.32. The molecule has 116 valence electrons. The second-order valence-corrected chi connectivity index (χ2v) is 5.26. The van der Waals surface area contributed by atoms with E-state index in [2.05, 4.69) is 9.51 Å². The molecular weight excluding hydrogens is 307 g/mol. The largest absolute Gasteiger partial charge is 0.697 e. The van der Waals surface area contributed by atoms with Gasteiger partial charge in [0, 0.05) is 22.7 Å². The molecule has 0 aromatic carbocycles. The van der Waals surface area contributed by atoms with Crippen LogP contribution in [-0.4, -0.2) is 43.2 Å². The van der Waals surface area contributed by atoms with Crippen molar-refractivity contribution in [3.8, 4) is 0 Å². The van der Waals surface area contributed by atoms with Crippen LogP contribution in [0.1, 0.15) is 18.2 Å². The van der Waals surface area contributed by atoms with Gasteiger partial charge in [0.25, 0.3) is 5.56 Å². The second-order valence-electron chi connectivity index (χ2n) is 4.57. The Kier molecular flexibility index (Phi) is 4.67. The van der Waals surface area contributed by atoms with E-state index in [1.807, 2.05) is 0 Å². The molecule has 1 aliphatic heterocycles. The maximum atomic E-state index is 11.7. The van der Waals surface area contributed by atoms with Crippen LogP contribution in [0.2, 0.25) is 0 Å². The van der Waals surface area contributed by atoms with Crippen molar-refractivity contribution < 1.29 is 28.9 Å². The number of hydrogen-bond acceptors (Lipinski definition) is 7. The molecule has 1 aliphatic rings. The van der Waals surface area contributed by atoms with E-state index in [4.69, 9.17) is 9.63 Å². The van der Waals surface area contributed by atoms with Crippen molar-refractivity contribution in [1.29, 1.82) is 0 Å². The summed E-state index contributed by atoms with van der Waals surface area (Å²) in [6, 6.07) is 0. The third-order valence-electron chi connectivity index (χ3n) is 3.07. The molecule has 5 atom stereocenters. The molecule has 1 aromatic rings. The van der Waals surface area contributed by atoms with E-state index in [0.29, 0.717) is 0 Å². The van der Waals surface area contributed by atoms with Crippen molar-refractivity contribution in [3.63, 3.8) is 0 Å².